The first-order valence-corrected chi connectivity index (χ1v) is 6.62. The molecule has 1 atom stereocenters. The topological polar surface area (TPSA) is 72.2 Å². The molecule has 0 bridgehead atoms. The van der Waals surface area contributed by atoms with E-state index < -0.39 is 16.6 Å². The lowest BCUT2D eigenvalue weighted by Crippen LogP contribution is -2.33. The molecule has 0 aliphatic carbocycles. The van der Waals surface area contributed by atoms with Crippen LogP contribution in [0.2, 0.25) is 0 Å². The van der Waals surface area contributed by atoms with Crippen molar-refractivity contribution in [2.75, 3.05) is 0 Å². The van der Waals surface area contributed by atoms with Crippen molar-refractivity contribution in [1.82, 2.24) is 5.32 Å². The number of nitro benzene ring substituents is 1. The van der Waals surface area contributed by atoms with Crippen LogP contribution in [0.1, 0.15) is 49.0 Å². The maximum absolute atomic E-state index is 13.9. The molecule has 1 amide bonds. The van der Waals surface area contributed by atoms with E-state index >= 15 is 0 Å². The number of carbonyl (C=O) groups is 1. The van der Waals surface area contributed by atoms with Gasteiger partial charge in [0, 0.05) is 18.2 Å². The van der Waals surface area contributed by atoms with E-state index in [1.54, 1.807) is 0 Å². The molecule has 0 radical (unpaired) electrons. The van der Waals surface area contributed by atoms with Gasteiger partial charge in [0.15, 0.2) is 0 Å². The highest BCUT2D eigenvalue weighted by Gasteiger charge is 2.20. The molecule has 0 saturated heterocycles. The quantitative estimate of drug-likeness (QED) is 0.642. The van der Waals surface area contributed by atoms with Gasteiger partial charge in [0.2, 0.25) is 0 Å². The molecule has 0 saturated carbocycles. The third-order valence-corrected chi connectivity index (χ3v) is 3.06. The molecule has 1 rings (SSSR count). The van der Waals surface area contributed by atoms with Crippen molar-refractivity contribution >= 4 is 11.6 Å². The number of nitro groups is 1. The van der Waals surface area contributed by atoms with Crippen LogP contribution < -0.4 is 5.32 Å². The fourth-order valence-corrected chi connectivity index (χ4v) is 1.91. The van der Waals surface area contributed by atoms with Crippen LogP contribution in [0, 0.1) is 22.9 Å². The molecule has 5 nitrogen and oxygen atoms in total. The van der Waals surface area contributed by atoms with Crippen molar-refractivity contribution in [1.29, 1.82) is 0 Å². The lowest BCUT2D eigenvalue weighted by Gasteiger charge is -2.14. The summed E-state index contributed by atoms with van der Waals surface area (Å²) in [6.07, 6.45) is 2.75. The number of hydrogen-bond donors (Lipinski definition) is 1. The minimum atomic E-state index is -0.712. The Kier molecular flexibility index (Phi) is 5.61. The molecule has 1 N–H and O–H groups in total. The molecule has 0 aromatic heterocycles. The van der Waals surface area contributed by atoms with Gasteiger partial charge in [-0.05, 0) is 25.8 Å². The molecule has 0 fully saturated rings. The number of carbonyl (C=O) groups excluding carboxylic acids is 1. The predicted molar refractivity (Wildman–Crippen MR) is 74.2 cm³/mol. The van der Waals surface area contributed by atoms with Crippen LogP contribution in [0.4, 0.5) is 10.1 Å². The molecule has 1 aromatic rings. The van der Waals surface area contributed by atoms with E-state index in [-0.39, 0.29) is 22.9 Å². The third kappa shape index (κ3) is 4.01. The van der Waals surface area contributed by atoms with Crippen LogP contribution in [0.3, 0.4) is 0 Å². The Morgan fingerprint density at radius 3 is 2.70 bits per heavy atom. The van der Waals surface area contributed by atoms with Crippen molar-refractivity contribution in [2.24, 2.45) is 0 Å². The molecule has 0 spiro atoms. The molecule has 1 unspecified atom stereocenters. The number of benzene rings is 1. The standard InChI is InChI=1S/C14H19FN2O3/c1-4-5-6-10(3)16-14(18)12-8-11(17(19)20)7-9(2)13(12)15/h7-8,10H,4-6H2,1-3H3,(H,16,18). The van der Waals surface area contributed by atoms with Gasteiger partial charge >= 0.3 is 0 Å². The number of nitrogens with one attached hydrogen (secondary N) is 1. The number of non-ortho nitro benzene ring substituents is 1. The van der Waals surface area contributed by atoms with E-state index in [4.69, 9.17) is 0 Å². The summed E-state index contributed by atoms with van der Waals surface area (Å²) in [5, 5.41) is 13.4. The van der Waals surface area contributed by atoms with Crippen LogP contribution in [-0.2, 0) is 0 Å². The van der Waals surface area contributed by atoms with Gasteiger partial charge in [-0.25, -0.2) is 4.39 Å². The Balaban J connectivity index is 2.94. The van der Waals surface area contributed by atoms with Crippen LogP contribution in [-0.4, -0.2) is 16.9 Å². The van der Waals surface area contributed by atoms with Crippen LogP contribution in [0.25, 0.3) is 0 Å². The summed E-state index contributed by atoms with van der Waals surface area (Å²) in [6, 6.07) is 2.00. The van der Waals surface area contributed by atoms with Crippen molar-refractivity contribution in [3.8, 4) is 0 Å². The van der Waals surface area contributed by atoms with Crippen LogP contribution >= 0.6 is 0 Å². The fourth-order valence-electron chi connectivity index (χ4n) is 1.91. The van der Waals surface area contributed by atoms with Gasteiger partial charge in [-0.3, -0.25) is 14.9 Å². The number of unbranched alkanes of at least 4 members (excludes halogenated alkanes) is 1. The molecular formula is C14H19FN2O3. The van der Waals surface area contributed by atoms with E-state index in [0.29, 0.717) is 0 Å². The first-order valence-electron chi connectivity index (χ1n) is 6.62. The predicted octanol–water partition coefficient (Wildman–Crippen LogP) is 3.35. The first-order chi connectivity index (χ1) is 9.36. The minimum absolute atomic E-state index is 0.0885. The minimum Gasteiger partial charge on any atom is -0.349 e. The van der Waals surface area contributed by atoms with E-state index in [9.17, 15) is 19.3 Å². The Labute approximate surface area is 117 Å². The number of aryl methyl sites for hydroxylation is 1. The summed E-state index contributed by atoms with van der Waals surface area (Å²) >= 11 is 0. The molecule has 20 heavy (non-hydrogen) atoms. The average Bonchev–Trinajstić information content (AvgIpc) is 2.38. The van der Waals surface area contributed by atoms with Crippen molar-refractivity contribution in [2.45, 2.75) is 46.1 Å². The molecule has 110 valence electrons. The number of halogens is 1. The average molecular weight is 282 g/mol. The summed E-state index contributed by atoms with van der Waals surface area (Å²) in [6.45, 7) is 5.27. The highest BCUT2D eigenvalue weighted by molar-refractivity contribution is 5.95. The monoisotopic (exact) mass is 282 g/mol. The second-order valence-corrected chi connectivity index (χ2v) is 4.90. The van der Waals surface area contributed by atoms with Crippen LogP contribution in [0.15, 0.2) is 12.1 Å². The lowest BCUT2D eigenvalue weighted by atomic mass is 10.1. The number of amides is 1. The fraction of sp³-hybridized carbons (Fsp3) is 0.500. The van der Waals surface area contributed by atoms with Crippen molar-refractivity contribution in [3.63, 3.8) is 0 Å². The number of nitrogens with zero attached hydrogens (tertiary/aromatic N) is 1. The third-order valence-electron chi connectivity index (χ3n) is 3.06. The smallest absolute Gasteiger partial charge is 0.270 e. The van der Waals surface area contributed by atoms with E-state index in [2.05, 4.69) is 5.32 Å². The summed E-state index contributed by atoms with van der Waals surface area (Å²) in [5.41, 5.74) is -0.471. The summed E-state index contributed by atoms with van der Waals surface area (Å²) in [7, 11) is 0. The highest BCUT2D eigenvalue weighted by atomic mass is 19.1. The van der Waals surface area contributed by atoms with Gasteiger partial charge < -0.3 is 5.32 Å². The van der Waals surface area contributed by atoms with Crippen LogP contribution in [0.5, 0.6) is 0 Å². The number of hydrogen-bond acceptors (Lipinski definition) is 3. The lowest BCUT2D eigenvalue weighted by molar-refractivity contribution is -0.385. The Hall–Kier alpha value is -1.98. The van der Waals surface area contributed by atoms with Gasteiger partial charge in [-0.1, -0.05) is 19.8 Å². The maximum Gasteiger partial charge on any atom is 0.270 e. The zero-order chi connectivity index (χ0) is 15.3. The molecule has 1 aromatic carbocycles. The zero-order valence-corrected chi connectivity index (χ0v) is 11.9. The molecular weight excluding hydrogens is 263 g/mol. The van der Waals surface area contributed by atoms with Crippen molar-refractivity contribution in [3.05, 3.63) is 39.2 Å². The summed E-state index contributed by atoms with van der Waals surface area (Å²) < 4.78 is 13.9. The first kappa shape index (κ1) is 16.1. The zero-order valence-electron chi connectivity index (χ0n) is 11.9. The maximum atomic E-state index is 13.9. The van der Waals surface area contributed by atoms with Gasteiger partial charge in [0.05, 0.1) is 10.5 Å². The summed E-state index contributed by atoms with van der Waals surface area (Å²) in [5.74, 6) is -1.33. The van der Waals surface area contributed by atoms with Gasteiger partial charge in [0.25, 0.3) is 11.6 Å². The molecule has 0 aliphatic heterocycles. The second-order valence-electron chi connectivity index (χ2n) is 4.90. The van der Waals surface area contributed by atoms with Crippen molar-refractivity contribution < 1.29 is 14.1 Å². The van der Waals surface area contributed by atoms with Gasteiger partial charge in [-0.15, -0.1) is 0 Å². The van der Waals surface area contributed by atoms with E-state index in [0.717, 1.165) is 31.4 Å². The molecule has 0 aliphatic rings. The Bertz CT molecular complexity index is 517. The van der Waals surface area contributed by atoms with E-state index in [1.165, 1.54) is 6.92 Å². The molecule has 0 heterocycles. The molecule has 6 heteroatoms. The highest BCUT2D eigenvalue weighted by Crippen LogP contribution is 2.21. The number of rotatable bonds is 6. The van der Waals surface area contributed by atoms with Gasteiger partial charge in [-0.2, -0.15) is 0 Å². The van der Waals surface area contributed by atoms with E-state index in [1.807, 2.05) is 13.8 Å². The SMILES string of the molecule is CCCCC(C)NC(=O)c1cc([N+](=O)[O-])cc(C)c1F. The largest absolute Gasteiger partial charge is 0.349 e. The summed E-state index contributed by atoms with van der Waals surface area (Å²) in [4.78, 5) is 22.1. The normalized spacial score (nSPS) is 12.0. The second kappa shape index (κ2) is 6.98. The van der Waals surface area contributed by atoms with Gasteiger partial charge in [0.1, 0.15) is 5.82 Å². The Morgan fingerprint density at radius 1 is 1.50 bits per heavy atom. The Morgan fingerprint density at radius 2 is 2.15 bits per heavy atom.